The first-order valence-electron chi connectivity index (χ1n) is 7.17. The van der Waals surface area contributed by atoms with E-state index >= 15 is 0 Å². The van der Waals surface area contributed by atoms with E-state index in [0.717, 1.165) is 10.5 Å². The molecule has 2 aromatic carbocycles. The molecule has 120 valence electrons. The van der Waals surface area contributed by atoms with Gasteiger partial charge < -0.3 is 5.32 Å². The zero-order chi connectivity index (χ0) is 17.3. The first kappa shape index (κ1) is 16.0. The fourth-order valence-corrected chi connectivity index (χ4v) is 2.60. The summed E-state index contributed by atoms with van der Waals surface area (Å²) >= 11 is 5.88. The maximum absolute atomic E-state index is 12.0. The van der Waals surface area contributed by atoms with Crippen LogP contribution in [0.4, 0.5) is 5.69 Å². The van der Waals surface area contributed by atoms with Crippen molar-refractivity contribution in [3.8, 4) is 0 Å². The molecule has 1 heterocycles. The van der Waals surface area contributed by atoms with E-state index in [1.807, 2.05) is 6.07 Å². The first-order valence-corrected chi connectivity index (χ1v) is 7.54. The lowest BCUT2D eigenvalue weighted by Gasteiger charge is -2.04. The zero-order valence-corrected chi connectivity index (χ0v) is 13.5. The van der Waals surface area contributed by atoms with Crippen molar-refractivity contribution in [2.24, 2.45) is 0 Å². The molecule has 1 N–H and O–H groups in total. The van der Waals surface area contributed by atoms with E-state index in [9.17, 15) is 14.4 Å². The summed E-state index contributed by atoms with van der Waals surface area (Å²) in [6, 6.07) is 11.7. The van der Waals surface area contributed by atoms with Gasteiger partial charge in [-0.15, -0.1) is 0 Å². The summed E-state index contributed by atoms with van der Waals surface area (Å²) in [6.45, 7) is 0. The average molecular weight is 341 g/mol. The smallest absolute Gasteiger partial charge is 0.261 e. The monoisotopic (exact) mass is 340 g/mol. The first-order chi connectivity index (χ1) is 11.5. The molecule has 0 aliphatic carbocycles. The number of fused-ring (bicyclic) bond motifs is 1. The van der Waals surface area contributed by atoms with Crippen LogP contribution in [0.15, 0.2) is 48.5 Å². The van der Waals surface area contributed by atoms with E-state index in [-0.39, 0.29) is 17.7 Å². The van der Waals surface area contributed by atoms with Crippen molar-refractivity contribution in [1.29, 1.82) is 0 Å². The molecule has 2 aromatic rings. The van der Waals surface area contributed by atoms with Crippen LogP contribution in [0, 0.1) is 0 Å². The molecule has 6 heteroatoms. The van der Waals surface area contributed by atoms with Crippen LogP contribution in [0.25, 0.3) is 6.08 Å². The van der Waals surface area contributed by atoms with E-state index < -0.39 is 0 Å². The molecule has 0 bridgehead atoms. The summed E-state index contributed by atoms with van der Waals surface area (Å²) < 4.78 is 0. The molecule has 0 saturated carbocycles. The number of rotatable bonds is 3. The number of amides is 3. The minimum atomic E-state index is -0.374. The normalized spacial score (nSPS) is 13.5. The largest absolute Gasteiger partial charge is 0.322 e. The average Bonchev–Trinajstić information content (AvgIpc) is 2.77. The van der Waals surface area contributed by atoms with Crippen LogP contribution in [-0.2, 0) is 4.79 Å². The van der Waals surface area contributed by atoms with Crippen molar-refractivity contribution in [1.82, 2.24) is 4.90 Å². The zero-order valence-electron chi connectivity index (χ0n) is 12.7. The minimum Gasteiger partial charge on any atom is -0.322 e. The number of benzene rings is 2. The van der Waals surface area contributed by atoms with Crippen LogP contribution < -0.4 is 5.32 Å². The predicted molar refractivity (Wildman–Crippen MR) is 92.0 cm³/mol. The molecule has 5 nitrogen and oxygen atoms in total. The Kier molecular flexibility index (Phi) is 4.18. The Balaban J connectivity index is 1.74. The number of nitrogens with zero attached hydrogens (tertiary/aromatic N) is 1. The molecule has 0 radical (unpaired) electrons. The van der Waals surface area contributed by atoms with Gasteiger partial charge in [-0.3, -0.25) is 19.3 Å². The van der Waals surface area contributed by atoms with Gasteiger partial charge in [-0.05, 0) is 42.0 Å². The van der Waals surface area contributed by atoms with Crippen molar-refractivity contribution in [3.05, 3.63) is 70.3 Å². The highest BCUT2D eigenvalue weighted by Gasteiger charge is 2.32. The topological polar surface area (TPSA) is 66.5 Å². The lowest BCUT2D eigenvalue weighted by Crippen LogP contribution is -2.24. The van der Waals surface area contributed by atoms with Crippen LogP contribution >= 0.6 is 11.6 Å². The number of hydrogen-bond acceptors (Lipinski definition) is 3. The molecule has 0 fully saturated rings. The molecule has 3 rings (SSSR count). The van der Waals surface area contributed by atoms with Crippen LogP contribution in [0.5, 0.6) is 0 Å². The van der Waals surface area contributed by atoms with Gasteiger partial charge in [0, 0.05) is 23.8 Å². The summed E-state index contributed by atoms with van der Waals surface area (Å²) in [7, 11) is 1.43. The molecular weight excluding hydrogens is 328 g/mol. The molecule has 3 amide bonds. The Morgan fingerprint density at radius 3 is 2.58 bits per heavy atom. The quantitative estimate of drug-likeness (QED) is 0.689. The van der Waals surface area contributed by atoms with Gasteiger partial charge in [0.15, 0.2) is 0 Å². The highest BCUT2D eigenvalue weighted by molar-refractivity contribution is 6.30. The van der Waals surface area contributed by atoms with Gasteiger partial charge in [-0.2, -0.15) is 0 Å². The Morgan fingerprint density at radius 2 is 1.83 bits per heavy atom. The summed E-state index contributed by atoms with van der Waals surface area (Å²) in [4.78, 5) is 36.8. The number of carbonyl (C=O) groups is 3. The summed E-state index contributed by atoms with van der Waals surface area (Å²) in [5, 5.41) is 3.25. The van der Waals surface area contributed by atoms with Crippen molar-refractivity contribution in [2.45, 2.75) is 0 Å². The van der Waals surface area contributed by atoms with Gasteiger partial charge in [-0.1, -0.05) is 23.7 Å². The maximum atomic E-state index is 12.0. The van der Waals surface area contributed by atoms with Crippen molar-refractivity contribution in [3.63, 3.8) is 0 Å². The highest BCUT2D eigenvalue weighted by Crippen LogP contribution is 2.24. The fraction of sp³-hybridized carbons (Fsp3) is 0.0556. The number of anilines is 1. The van der Waals surface area contributed by atoms with Crippen molar-refractivity contribution in [2.75, 3.05) is 12.4 Å². The number of nitrogens with one attached hydrogen (secondary N) is 1. The number of hydrogen-bond donors (Lipinski definition) is 1. The summed E-state index contributed by atoms with van der Waals surface area (Å²) in [6.07, 6.45) is 3.01. The van der Waals surface area contributed by atoms with E-state index in [4.69, 9.17) is 11.6 Å². The van der Waals surface area contributed by atoms with Gasteiger partial charge in [0.25, 0.3) is 11.8 Å². The lowest BCUT2D eigenvalue weighted by atomic mass is 10.1. The Morgan fingerprint density at radius 1 is 1.08 bits per heavy atom. The van der Waals surface area contributed by atoms with Gasteiger partial charge in [0.1, 0.15) is 0 Å². The van der Waals surface area contributed by atoms with Crippen LogP contribution in [0.3, 0.4) is 0 Å². The third kappa shape index (κ3) is 3.07. The van der Waals surface area contributed by atoms with E-state index in [2.05, 4.69) is 5.32 Å². The van der Waals surface area contributed by atoms with Gasteiger partial charge >= 0.3 is 0 Å². The molecule has 1 aliphatic heterocycles. The third-order valence-electron chi connectivity index (χ3n) is 3.63. The second-order valence-corrected chi connectivity index (χ2v) is 5.74. The van der Waals surface area contributed by atoms with E-state index in [1.165, 1.54) is 25.3 Å². The van der Waals surface area contributed by atoms with Crippen LogP contribution in [0.2, 0.25) is 5.02 Å². The molecule has 1 aliphatic rings. The number of halogens is 1. The Hall–Kier alpha value is -2.92. The fourth-order valence-electron chi connectivity index (χ4n) is 2.41. The van der Waals surface area contributed by atoms with Crippen LogP contribution in [0.1, 0.15) is 26.3 Å². The van der Waals surface area contributed by atoms with Crippen molar-refractivity contribution < 1.29 is 14.4 Å². The molecular formula is C18H13ClN2O3. The van der Waals surface area contributed by atoms with Gasteiger partial charge in [0.2, 0.25) is 5.91 Å². The van der Waals surface area contributed by atoms with Gasteiger partial charge in [-0.25, -0.2) is 0 Å². The van der Waals surface area contributed by atoms with E-state index in [1.54, 1.807) is 30.3 Å². The maximum Gasteiger partial charge on any atom is 0.261 e. The van der Waals surface area contributed by atoms with Gasteiger partial charge in [0.05, 0.1) is 11.1 Å². The second-order valence-electron chi connectivity index (χ2n) is 5.31. The molecule has 0 spiro atoms. The standard InChI is InChI=1S/C18H13ClN2O3/c1-21-17(23)14-7-6-13(10-15(14)18(21)24)20-16(22)8-5-11-3-2-4-12(19)9-11/h2-10H,1H3,(H,20,22)/b8-5+. The number of carbonyl (C=O) groups excluding carboxylic acids is 3. The van der Waals surface area contributed by atoms with E-state index in [0.29, 0.717) is 21.8 Å². The highest BCUT2D eigenvalue weighted by atomic mass is 35.5. The molecule has 0 saturated heterocycles. The summed E-state index contributed by atoms with van der Waals surface area (Å²) in [5.74, 6) is -1.06. The Bertz CT molecular complexity index is 890. The second kappa shape index (κ2) is 6.29. The predicted octanol–water partition coefficient (Wildman–Crippen LogP) is 3.22. The molecule has 0 unspecified atom stereocenters. The van der Waals surface area contributed by atoms with Crippen LogP contribution in [-0.4, -0.2) is 29.7 Å². The minimum absolute atomic E-state index is 0.291. The lowest BCUT2D eigenvalue weighted by molar-refractivity contribution is -0.111. The number of imide groups is 1. The third-order valence-corrected chi connectivity index (χ3v) is 3.87. The van der Waals surface area contributed by atoms with Crippen molar-refractivity contribution >= 4 is 41.1 Å². The SMILES string of the molecule is CN1C(=O)c2ccc(NC(=O)/C=C/c3cccc(Cl)c3)cc2C1=O. The molecule has 0 aromatic heterocycles. The molecule has 0 atom stereocenters. The molecule has 24 heavy (non-hydrogen) atoms. The Labute approximate surface area is 143 Å². The summed E-state index contributed by atoms with van der Waals surface area (Å²) in [5.41, 5.74) is 1.88.